The zero-order valence-electron chi connectivity index (χ0n) is 16.0. The molecule has 5 heteroatoms. The van der Waals surface area contributed by atoms with Crippen molar-refractivity contribution in [3.63, 3.8) is 0 Å². The number of carbonyl (C=O) groups excluding carboxylic acids is 1. The van der Waals surface area contributed by atoms with Crippen molar-refractivity contribution in [1.82, 2.24) is 0 Å². The quantitative estimate of drug-likeness (QED) is 0.674. The highest BCUT2D eigenvalue weighted by Gasteiger charge is 2.14. The molecule has 27 heavy (non-hydrogen) atoms. The van der Waals surface area contributed by atoms with Gasteiger partial charge >= 0.3 is 0 Å². The van der Waals surface area contributed by atoms with E-state index < -0.39 is 0 Å². The van der Waals surface area contributed by atoms with Gasteiger partial charge in [-0.05, 0) is 50.1 Å². The second-order valence-electron chi connectivity index (χ2n) is 6.35. The Labute approximate surface area is 159 Å². The minimum atomic E-state index is -0.334. The highest BCUT2D eigenvalue weighted by Crippen LogP contribution is 2.22. The normalized spacial score (nSPS) is 10.8. The molecular weight excluding hydrogens is 338 g/mol. The van der Waals surface area contributed by atoms with Crippen LogP contribution in [0.4, 0.5) is 11.4 Å². The van der Waals surface area contributed by atoms with Crippen molar-refractivity contribution >= 4 is 28.3 Å². The fourth-order valence-corrected chi connectivity index (χ4v) is 3.21. The molecule has 0 unspecified atom stereocenters. The smallest absolute Gasteiger partial charge is 0.261 e. The molecule has 0 saturated carbocycles. The Morgan fingerprint density at radius 2 is 1.81 bits per heavy atom. The van der Waals surface area contributed by atoms with Crippen LogP contribution < -0.4 is 15.8 Å². The third-order valence-electron chi connectivity index (χ3n) is 4.77. The number of nitrogens with one attached hydrogen (secondary N) is 2. The van der Waals surface area contributed by atoms with Gasteiger partial charge in [-0.3, -0.25) is 10.2 Å². The van der Waals surface area contributed by atoms with Crippen molar-refractivity contribution in [3.8, 4) is 0 Å². The summed E-state index contributed by atoms with van der Waals surface area (Å²) >= 11 is 0. The van der Waals surface area contributed by atoms with Crippen molar-refractivity contribution < 1.29 is 9.21 Å². The van der Waals surface area contributed by atoms with Gasteiger partial charge in [-0.15, -0.1) is 0 Å². The minimum Gasteiger partial charge on any atom is -0.438 e. The van der Waals surface area contributed by atoms with Crippen molar-refractivity contribution in [3.05, 3.63) is 65.2 Å². The molecule has 5 nitrogen and oxygen atoms in total. The molecule has 2 N–H and O–H groups in total. The Morgan fingerprint density at radius 1 is 1.07 bits per heavy atom. The molecule has 0 fully saturated rings. The van der Waals surface area contributed by atoms with Crippen molar-refractivity contribution in [2.75, 3.05) is 23.3 Å². The van der Waals surface area contributed by atoms with E-state index in [1.807, 2.05) is 49.4 Å². The number of nitrogens with zero attached hydrogens (tertiary/aromatic N) is 1. The molecule has 3 aromatic rings. The van der Waals surface area contributed by atoms with E-state index in [2.05, 4.69) is 24.1 Å². The lowest BCUT2D eigenvalue weighted by Crippen LogP contribution is -2.22. The summed E-state index contributed by atoms with van der Waals surface area (Å²) < 4.78 is 5.67. The number of hydrogen-bond acceptors (Lipinski definition) is 4. The predicted molar refractivity (Wildman–Crippen MR) is 109 cm³/mol. The molecule has 2 aromatic carbocycles. The number of benzene rings is 2. The molecular formula is C22H25N3O2. The number of amides is 1. The zero-order valence-corrected chi connectivity index (χ0v) is 16.0. The van der Waals surface area contributed by atoms with E-state index in [0.717, 1.165) is 41.8 Å². The van der Waals surface area contributed by atoms with Gasteiger partial charge in [-0.2, -0.15) is 0 Å². The van der Waals surface area contributed by atoms with Gasteiger partial charge in [0.15, 0.2) is 0 Å². The van der Waals surface area contributed by atoms with Gasteiger partial charge in [0.25, 0.3) is 5.91 Å². The van der Waals surface area contributed by atoms with Crippen LogP contribution in [0.2, 0.25) is 0 Å². The molecule has 1 aromatic heterocycles. The molecule has 0 bridgehead atoms. The Morgan fingerprint density at radius 3 is 2.52 bits per heavy atom. The van der Waals surface area contributed by atoms with Crippen LogP contribution in [-0.4, -0.2) is 19.0 Å². The number of aryl methyl sites for hydroxylation is 1. The van der Waals surface area contributed by atoms with E-state index in [1.54, 1.807) is 6.07 Å². The summed E-state index contributed by atoms with van der Waals surface area (Å²) in [4.78, 5) is 14.9. The van der Waals surface area contributed by atoms with Crippen molar-refractivity contribution in [1.29, 1.82) is 5.41 Å². The van der Waals surface area contributed by atoms with Crippen LogP contribution in [0.5, 0.6) is 0 Å². The van der Waals surface area contributed by atoms with E-state index in [-0.39, 0.29) is 17.0 Å². The predicted octanol–water partition coefficient (Wildman–Crippen LogP) is 4.57. The van der Waals surface area contributed by atoms with Gasteiger partial charge in [0.05, 0.1) is 0 Å². The summed E-state index contributed by atoms with van der Waals surface area (Å²) in [7, 11) is 0. The Balaban J connectivity index is 1.95. The first-order valence-electron chi connectivity index (χ1n) is 9.34. The molecule has 1 amide bonds. The fraction of sp³-hybridized carbons (Fsp3) is 0.273. The maximum Gasteiger partial charge on any atom is 0.261 e. The molecule has 140 valence electrons. The first-order valence-corrected chi connectivity index (χ1v) is 9.34. The van der Waals surface area contributed by atoms with Crippen LogP contribution in [0.3, 0.4) is 0 Å². The lowest BCUT2D eigenvalue weighted by atomic mass is 10.1. The Kier molecular flexibility index (Phi) is 5.60. The first-order chi connectivity index (χ1) is 13.1. The van der Waals surface area contributed by atoms with Crippen molar-refractivity contribution in [2.24, 2.45) is 0 Å². The molecule has 0 aliphatic heterocycles. The third-order valence-corrected chi connectivity index (χ3v) is 4.77. The Bertz CT molecular complexity index is 1020. The van der Waals surface area contributed by atoms with Gasteiger partial charge in [-0.1, -0.05) is 25.1 Å². The average molecular weight is 363 g/mol. The SMILES string of the molecule is CCc1ccccc1NC(=O)c1cc2ccc(N(CC)CC)cc2oc1=N. The molecule has 0 atom stereocenters. The number of hydrogen-bond donors (Lipinski definition) is 2. The van der Waals surface area contributed by atoms with Crippen LogP contribution >= 0.6 is 0 Å². The van der Waals surface area contributed by atoms with Gasteiger partial charge in [0, 0.05) is 35.9 Å². The van der Waals surface area contributed by atoms with Crippen LogP contribution in [-0.2, 0) is 6.42 Å². The summed E-state index contributed by atoms with van der Waals surface area (Å²) in [5.74, 6) is -0.334. The van der Waals surface area contributed by atoms with Crippen LogP contribution in [0.25, 0.3) is 11.0 Å². The molecule has 0 spiro atoms. The number of rotatable bonds is 6. The van der Waals surface area contributed by atoms with Crippen LogP contribution in [0.1, 0.15) is 36.7 Å². The lowest BCUT2D eigenvalue weighted by molar-refractivity contribution is 0.102. The summed E-state index contributed by atoms with van der Waals surface area (Å²) in [5.41, 5.74) is 3.56. The molecule has 1 heterocycles. The number of para-hydroxylation sites is 1. The van der Waals surface area contributed by atoms with Gasteiger partial charge in [-0.25, -0.2) is 0 Å². The lowest BCUT2D eigenvalue weighted by Gasteiger charge is -2.21. The number of carbonyl (C=O) groups is 1. The minimum absolute atomic E-state index is 0.134. The van der Waals surface area contributed by atoms with Gasteiger partial charge < -0.3 is 14.6 Å². The van der Waals surface area contributed by atoms with E-state index in [1.165, 1.54) is 0 Å². The summed E-state index contributed by atoms with van der Waals surface area (Å²) in [6, 6.07) is 15.3. The van der Waals surface area contributed by atoms with E-state index in [9.17, 15) is 4.79 Å². The largest absolute Gasteiger partial charge is 0.438 e. The third kappa shape index (κ3) is 3.87. The zero-order chi connectivity index (χ0) is 19.4. The maximum absolute atomic E-state index is 12.7. The molecule has 0 aliphatic carbocycles. The topological polar surface area (TPSA) is 69.3 Å². The van der Waals surface area contributed by atoms with E-state index >= 15 is 0 Å². The van der Waals surface area contributed by atoms with Gasteiger partial charge in [0.1, 0.15) is 11.1 Å². The number of fused-ring (bicyclic) bond motifs is 1. The monoisotopic (exact) mass is 363 g/mol. The van der Waals surface area contributed by atoms with E-state index in [0.29, 0.717) is 5.58 Å². The van der Waals surface area contributed by atoms with Crippen LogP contribution in [0.15, 0.2) is 52.9 Å². The highest BCUT2D eigenvalue weighted by atomic mass is 16.3. The van der Waals surface area contributed by atoms with Crippen molar-refractivity contribution in [2.45, 2.75) is 27.2 Å². The molecule has 0 radical (unpaired) electrons. The highest BCUT2D eigenvalue weighted by molar-refractivity contribution is 6.05. The molecule has 0 aliphatic rings. The van der Waals surface area contributed by atoms with Crippen LogP contribution in [0, 0.1) is 5.41 Å². The fourth-order valence-electron chi connectivity index (χ4n) is 3.21. The standard InChI is InChI=1S/C22H25N3O2/c1-4-15-9-7-8-10-19(15)24-22(26)18-13-16-11-12-17(25(5-2)6-3)14-20(16)27-21(18)23/h7-14,23H,4-6H2,1-3H3,(H,24,26). The number of anilines is 2. The summed E-state index contributed by atoms with van der Waals surface area (Å²) in [6.07, 6.45) is 0.820. The second kappa shape index (κ2) is 8.08. The Hall–Kier alpha value is -3.08. The summed E-state index contributed by atoms with van der Waals surface area (Å²) in [5, 5.41) is 11.9. The molecule has 3 rings (SSSR count). The second-order valence-corrected chi connectivity index (χ2v) is 6.35. The maximum atomic E-state index is 12.7. The van der Waals surface area contributed by atoms with E-state index in [4.69, 9.17) is 9.83 Å². The molecule has 0 saturated heterocycles. The summed E-state index contributed by atoms with van der Waals surface area (Å²) in [6.45, 7) is 8.03. The first kappa shape index (κ1) is 18.7. The average Bonchev–Trinajstić information content (AvgIpc) is 2.68. The van der Waals surface area contributed by atoms with Gasteiger partial charge in [0.2, 0.25) is 5.55 Å².